The number of rotatable bonds is 6. The number of hydrogen-bond donors (Lipinski definition) is 0. The molecule has 9 aliphatic rings. The second-order valence-electron chi connectivity index (χ2n) is 32.6. The number of hydrogen-bond acceptors (Lipinski definition) is 0. The Kier molecular flexibility index (Phi) is 32.6. The first kappa shape index (κ1) is 73.1. The van der Waals surface area contributed by atoms with E-state index >= 15 is 0 Å². The van der Waals surface area contributed by atoms with Gasteiger partial charge >= 0.3 is 0 Å². The fourth-order valence-corrected chi connectivity index (χ4v) is 41.2. The molecule has 0 amide bonds. The third kappa shape index (κ3) is 27.7. The van der Waals surface area contributed by atoms with Crippen molar-refractivity contribution in [3.05, 3.63) is 91.0 Å². The summed E-state index contributed by atoms with van der Waals surface area (Å²) in [4.78, 5) is 0. The summed E-state index contributed by atoms with van der Waals surface area (Å²) in [5.41, 5.74) is 0. The van der Waals surface area contributed by atoms with E-state index in [2.05, 4.69) is 190 Å². The molecule has 0 nitrogen and oxygen atoms in total. The largest absolute Gasteiger partial charge is 0.0836 e. The molecule has 9 aliphatic heterocycles. The van der Waals surface area contributed by atoms with Crippen molar-refractivity contribution in [1.29, 1.82) is 0 Å². The minimum Gasteiger partial charge on any atom is -0.0693 e. The summed E-state index contributed by atoms with van der Waals surface area (Å²) in [7, 11) is -6.07. The smallest absolute Gasteiger partial charge is 0.0693 e. The van der Waals surface area contributed by atoms with E-state index in [4.69, 9.17) is 0 Å². The third-order valence-electron chi connectivity index (χ3n) is 23.4. The van der Waals surface area contributed by atoms with E-state index < -0.39 is 72.7 Å². The third-order valence-corrected chi connectivity index (χ3v) is 62.0. The van der Waals surface area contributed by atoms with Gasteiger partial charge in [-0.15, -0.1) is 0 Å². The van der Waals surface area contributed by atoms with Crippen molar-refractivity contribution in [3.8, 4) is 0 Å². The zero-order valence-electron chi connectivity index (χ0n) is 57.2. The van der Waals surface area contributed by atoms with Gasteiger partial charge < -0.3 is 0 Å². The molecular formula is C72H138Si9. The molecule has 9 saturated heterocycles. The van der Waals surface area contributed by atoms with Gasteiger partial charge in [0.1, 0.15) is 0 Å². The zero-order valence-corrected chi connectivity index (χ0v) is 66.2. The van der Waals surface area contributed by atoms with E-state index in [0.717, 1.165) is 0 Å². The van der Waals surface area contributed by atoms with Crippen molar-refractivity contribution in [3.63, 3.8) is 0 Å². The van der Waals surface area contributed by atoms with Crippen LogP contribution in [0, 0.1) is 0 Å². The number of benzene rings is 3. The van der Waals surface area contributed by atoms with Gasteiger partial charge in [-0.3, -0.25) is 0 Å². The molecule has 0 bridgehead atoms. The Hall–Kier alpha value is -0.388. The van der Waals surface area contributed by atoms with Gasteiger partial charge in [0, 0.05) is 24.2 Å². The fraction of sp³-hybridized carbons (Fsp3) is 0.750. The molecule has 9 fully saturated rings. The molecule has 9 heteroatoms. The maximum Gasteiger partial charge on any atom is 0.0836 e. The van der Waals surface area contributed by atoms with Gasteiger partial charge in [0.2, 0.25) is 0 Å². The molecule has 0 N–H and O–H groups in total. The summed E-state index contributed by atoms with van der Waals surface area (Å²) in [5, 5.41) is 5.00. The average Bonchev–Trinajstić information content (AvgIpc) is 4.23. The maximum atomic E-state index is 2.58. The Morgan fingerprint density at radius 3 is 0.543 bits per heavy atom. The summed E-state index contributed by atoms with van der Waals surface area (Å²) < 4.78 is 0. The lowest BCUT2D eigenvalue weighted by atomic mass is 10.3. The van der Waals surface area contributed by atoms with Gasteiger partial charge in [-0.25, -0.2) is 0 Å². The molecule has 0 saturated carbocycles. The fourth-order valence-electron chi connectivity index (χ4n) is 14.8. The molecule has 0 aliphatic carbocycles. The second-order valence-corrected chi connectivity index (χ2v) is 78.7. The van der Waals surface area contributed by atoms with E-state index in [0.29, 0.717) is 0 Å². The first-order chi connectivity index (χ1) is 38.4. The highest BCUT2D eigenvalue weighted by atomic mass is 28.3. The standard InChI is InChI=1S/C12H18Si.C11H16Si.C10H14Si.C8H18Si.2C7H16Si.2C6H14Si.C5H12Si/c1-13(10-6-3-7-11-13)12-8-4-2-5-9-12;1-12(9-5-6-10-12)11-7-3-2-4-8-11;1-11(8-5-9-11)10-6-3-2-4-7-10;1-3-9(2)7-5-4-6-8-9;1-8(2)6-4-3-5-7-8;1-3-8(2)6-4-5-7-8;1-7(2)5-3-4-6-7;1-3-7(2)5-4-6-7;1-6(2)4-3-5-6/h2,4-5,8-9H,3,6-7,10-11H2,1H3;2-4,7-8H,5-6,9-10H2,1H3;2-4,6-7H,5,8-9H2,1H3;3-8H2,1-2H3;2*3-7H2,1-2H3;2*3-6H2,1-2H3;3-5H2,1-2H3. The van der Waals surface area contributed by atoms with Gasteiger partial charge in [0.05, 0.1) is 48.4 Å². The quantitative estimate of drug-likeness (QED) is 0.216. The molecule has 0 atom stereocenters. The van der Waals surface area contributed by atoms with Crippen LogP contribution >= 0.6 is 0 Å². The predicted molar refractivity (Wildman–Crippen MR) is 401 cm³/mol. The summed E-state index contributed by atoms with van der Waals surface area (Å²) in [6, 6.07) is 66.3. The molecule has 462 valence electrons. The Morgan fingerprint density at radius 2 is 0.383 bits per heavy atom. The molecule has 9 heterocycles. The summed E-state index contributed by atoms with van der Waals surface area (Å²) in [6.45, 7) is 37.3. The minimum absolute atomic E-state index is 0.451. The van der Waals surface area contributed by atoms with E-state index in [-0.39, 0.29) is 0 Å². The normalized spacial score (nSPS) is 24.5. The van der Waals surface area contributed by atoms with E-state index in [1.54, 1.807) is 88.1 Å². The Labute approximate surface area is 517 Å². The lowest BCUT2D eigenvalue weighted by Crippen LogP contribution is -2.49. The summed E-state index contributed by atoms with van der Waals surface area (Å²) in [6.07, 6.45) is 27.2. The Balaban J connectivity index is 0.000000198. The molecule has 0 aromatic heterocycles. The van der Waals surface area contributed by atoms with Gasteiger partial charge in [0.25, 0.3) is 0 Å². The van der Waals surface area contributed by atoms with Crippen LogP contribution in [0.25, 0.3) is 0 Å². The molecule has 0 unspecified atom stereocenters. The van der Waals surface area contributed by atoms with Crippen LogP contribution in [0.3, 0.4) is 0 Å². The molecular weight excluding hydrogens is 1120 g/mol. The van der Waals surface area contributed by atoms with Crippen molar-refractivity contribution in [2.24, 2.45) is 0 Å². The summed E-state index contributed by atoms with van der Waals surface area (Å²) in [5.74, 6) is 0. The Bertz CT molecular complexity index is 2030. The van der Waals surface area contributed by atoms with Crippen LogP contribution in [0.1, 0.15) is 136 Å². The highest BCUT2D eigenvalue weighted by Crippen LogP contribution is 2.37. The van der Waals surface area contributed by atoms with Crippen molar-refractivity contribution in [1.82, 2.24) is 0 Å². The molecule has 0 radical (unpaired) electrons. The highest BCUT2D eigenvalue weighted by molar-refractivity contribution is 6.93. The monoisotopic (exact) mass is 1250 g/mol. The van der Waals surface area contributed by atoms with Gasteiger partial charge in [0.15, 0.2) is 0 Å². The van der Waals surface area contributed by atoms with Gasteiger partial charge in [-0.2, -0.15) is 0 Å². The maximum absolute atomic E-state index is 2.58. The van der Waals surface area contributed by atoms with Gasteiger partial charge in [-0.1, -0.05) is 448 Å². The van der Waals surface area contributed by atoms with Crippen LogP contribution < -0.4 is 15.6 Å². The lowest BCUT2D eigenvalue weighted by molar-refractivity contribution is 0.708. The molecule has 81 heavy (non-hydrogen) atoms. The Morgan fingerprint density at radius 1 is 0.210 bits per heavy atom. The second kappa shape index (κ2) is 36.2. The predicted octanol–water partition coefficient (Wildman–Crippen LogP) is 24.4. The van der Waals surface area contributed by atoms with E-state index in [9.17, 15) is 0 Å². The minimum atomic E-state index is -1.01. The van der Waals surface area contributed by atoms with Crippen LogP contribution in [0.15, 0.2) is 91.0 Å². The van der Waals surface area contributed by atoms with Crippen molar-refractivity contribution in [2.45, 2.75) is 342 Å². The molecule has 3 aromatic carbocycles. The molecule has 3 aromatic rings. The molecule has 0 spiro atoms. The van der Waals surface area contributed by atoms with Crippen molar-refractivity contribution >= 4 is 88.2 Å². The van der Waals surface area contributed by atoms with Crippen LogP contribution in [0.5, 0.6) is 0 Å². The molecule has 12 rings (SSSR count). The SMILES string of the molecule is CC[Si]1(C)CCC1.CC[Si]1(C)CCCC1.CC[Si]1(C)CCCCC1.C[Si]1(C)CCC1.C[Si]1(C)CCCC1.C[Si]1(C)CCCCC1.C[Si]1(c2ccccc2)CCC1.C[Si]1(c2ccccc2)CCCC1.C[Si]1(c2ccccc2)CCCCC1. The van der Waals surface area contributed by atoms with Crippen LogP contribution in [-0.4, -0.2) is 72.7 Å². The van der Waals surface area contributed by atoms with Crippen LogP contribution in [0.2, 0.25) is 205 Å². The first-order valence-electron chi connectivity index (χ1n) is 35.5. The highest BCUT2D eigenvalue weighted by Gasteiger charge is 2.36. The van der Waals surface area contributed by atoms with E-state index in [1.165, 1.54) is 170 Å². The van der Waals surface area contributed by atoms with Gasteiger partial charge in [-0.05, 0) is 0 Å². The van der Waals surface area contributed by atoms with Crippen LogP contribution in [0.4, 0.5) is 0 Å². The van der Waals surface area contributed by atoms with E-state index in [1.807, 2.05) is 0 Å². The van der Waals surface area contributed by atoms with Crippen LogP contribution in [-0.2, 0) is 0 Å². The van der Waals surface area contributed by atoms with Crippen molar-refractivity contribution < 1.29 is 0 Å². The summed E-state index contributed by atoms with van der Waals surface area (Å²) >= 11 is 0. The first-order valence-corrected chi connectivity index (χ1v) is 63.9. The zero-order chi connectivity index (χ0) is 59.4. The lowest BCUT2D eigenvalue weighted by Gasteiger charge is -2.36. The average molecular weight is 1260 g/mol. The van der Waals surface area contributed by atoms with Crippen molar-refractivity contribution in [2.75, 3.05) is 0 Å². The topological polar surface area (TPSA) is 0 Å².